The molecule has 24 heavy (non-hydrogen) atoms. The average Bonchev–Trinajstić information content (AvgIpc) is 2.60. The molecule has 0 aromatic heterocycles. The highest BCUT2D eigenvalue weighted by Gasteiger charge is 2.15. The summed E-state index contributed by atoms with van der Waals surface area (Å²) in [4.78, 5) is 12.2. The first kappa shape index (κ1) is 19.8. The van der Waals surface area contributed by atoms with E-state index in [1.54, 1.807) is 26.4 Å². The van der Waals surface area contributed by atoms with Gasteiger partial charge in [-0.05, 0) is 17.7 Å². The van der Waals surface area contributed by atoms with Gasteiger partial charge < -0.3 is 20.5 Å². The second kappa shape index (κ2) is 9.80. The maximum absolute atomic E-state index is 12.2. The van der Waals surface area contributed by atoms with Crippen LogP contribution < -0.4 is 20.5 Å². The maximum Gasteiger partial charge on any atom is 0.224 e. The van der Waals surface area contributed by atoms with E-state index >= 15 is 0 Å². The third-order valence-electron chi connectivity index (χ3n) is 3.61. The Labute approximate surface area is 148 Å². The monoisotopic (exact) mass is 350 g/mol. The van der Waals surface area contributed by atoms with Crippen molar-refractivity contribution in [2.45, 2.75) is 12.5 Å². The standard InChI is InChI=1S/C18H22N2O3.ClH/c1-22-16-9-6-10-17(23-2)14(16)11-18(21)20-12-15(19)13-7-4-3-5-8-13;/h3-10,15H,11-12,19H2,1-2H3,(H,20,21);1H. The Kier molecular flexibility index (Phi) is 8.09. The minimum Gasteiger partial charge on any atom is -0.496 e. The number of carbonyl (C=O) groups is 1. The van der Waals surface area contributed by atoms with Crippen LogP contribution in [0.2, 0.25) is 0 Å². The molecule has 0 spiro atoms. The van der Waals surface area contributed by atoms with Gasteiger partial charge in [0.25, 0.3) is 0 Å². The summed E-state index contributed by atoms with van der Waals surface area (Å²) in [5.41, 5.74) is 7.80. The van der Waals surface area contributed by atoms with Crippen LogP contribution >= 0.6 is 12.4 Å². The molecule has 0 radical (unpaired) electrons. The van der Waals surface area contributed by atoms with Crippen molar-refractivity contribution in [3.05, 3.63) is 59.7 Å². The van der Waals surface area contributed by atoms with Crippen LogP contribution in [0.3, 0.4) is 0 Å². The highest BCUT2D eigenvalue weighted by molar-refractivity contribution is 5.85. The van der Waals surface area contributed by atoms with E-state index in [1.807, 2.05) is 36.4 Å². The van der Waals surface area contributed by atoms with Gasteiger partial charge >= 0.3 is 0 Å². The van der Waals surface area contributed by atoms with Crippen LogP contribution in [0.4, 0.5) is 0 Å². The first-order valence-electron chi connectivity index (χ1n) is 7.42. The summed E-state index contributed by atoms with van der Waals surface area (Å²) in [7, 11) is 3.14. The van der Waals surface area contributed by atoms with E-state index in [-0.39, 0.29) is 30.8 Å². The number of benzene rings is 2. The second-order valence-electron chi connectivity index (χ2n) is 5.14. The summed E-state index contributed by atoms with van der Waals surface area (Å²) in [5.74, 6) is 1.14. The number of carbonyl (C=O) groups excluding carboxylic acids is 1. The zero-order chi connectivity index (χ0) is 16.7. The lowest BCUT2D eigenvalue weighted by molar-refractivity contribution is -0.120. The highest BCUT2D eigenvalue weighted by Crippen LogP contribution is 2.28. The molecule has 5 nitrogen and oxygen atoms in total. The molecule has 0 heterocycles. The minimum absolute atomic E-state index is 0. The van der Waals surface area contributed by atoms with E-state index in [1.165, 1.54) is 0 Å². The molecular formula is C18H23ClN2O3. The van der Waals surface area contributed by atoms with Crippen molar-refractivity contribution in [2.75, 3.05) is 20.8 Å². The van der Waals surface area contributed by atoms with Gasteiger partial charge in [0, 0.05) is 18.2 Å². The summed E-state index contributed by atoms with van der Waals surface area (Å²) in [6.45, 7) is 0.375. The molecule has 3 N–H and O–H groups in total. The Hall–Kier alpha value is -2.24. The summed E-state index contributed by atoms with van der Waals surface area (Å²) >= 11 is 0. The highest BCUT2D eigenvalue weighted by atomic mass is 35.5. The normalized spacial score (nSPS) is 11.1. The lowest BCUT2D eigenvalue weighted by Crippen LogP contribution is -2.33. The molecular weight excluding hydrogens is 328 g/mol. The van der Waals surface area contributed by atoms with Crippen molar-refractivity contribution < 1.29 is 14.3 Å². The fourth-order valence-corrected chi connectivity index (χ4v) is 2.37. The van der Waals surface area contributed by atoms with Gasteiger partial charge in [0.15, 0.2) is 0 Å². The number of hydrogen-bond acceptors (Lipinski definition) is 4. The van der Waals surface area contributed by atoms with Crippen LogP contribution in [0.25, 0.3) is 0 Å². The molecule has 0 saturated carbocycles. The SMILES string of the molecule is COc1cccc(OC)c1CC(=O)NCC(N)c1ccccc1.Cl. The molecule has 0 saturated heterocycles. The zero-order valence-corrected chi connectivity index (χ0v) is 14.6. The van der Waals surface area contributed by atoms with E-state index in [2.05, 4.69) is 5.32 Å². The molecule has 0 fully saturated rings. The Bertz CT molecular complexity index is 628. The molecule has 2 rings (SSSR count). The van der Waals surface area contributed by atoms with Crippen molar-refractivity contribution in [3.8, 4) is 11.5 Å². The number of nitrogens with one attached hydrogen (secondary N) is 1. The van der Waals surface area contributed by atoms with Crippen molar-refractivity contribution in [1.29, 1.82) is 0 Å². The number of rotatable bonds is 7. The number of amides is 1. The molecule has 6 heteroatoms. The van der Waals surface area contributed by atoms with Crippen LogP contribution in [0.15, 0.2) is 48.5 Å². The summed E-state index contributed by atoms with van der Waals surface area (Å²) in [6.07, 6.45) is 0.175. The first-order chi connectivity index (χ1) is 11.2. The van der Waals surface area contributed by atoms with Crippen LogP contribution in [0, 0.1) is 0 Å². The van der Waals surface area contributed by atoms with Crippen molar-refractivity contribution in [3.63, 3.8) is 0 Å². The molecule has 0 aliphatic rings. The molecule has 1 atom stereocenters. The number of methoxy groups -OCH3 is 2. The van der Waals surface area contributed by atoms with E-state index in [4.69, 9.17) is 15.2 Å². The Morgan fingerprint density at radius 3 is 2.17 bits per heavy atom. The Balaban J connectivity index is 0.00000288. The third kappa shape index (κ3) is 5.15. The third-order valence-corrected chi connectivity index (χ3v) is 3.61. The van der Waals surface area contributed by atoms with Gasteiger partial charge in [-0.1, -0.05) is 36.4 Å². The largest absolute Gasteiger partial charge is 0.496 e. The van der Waals surface area contributed by atoms with Gasteiger partial charge in [0.05, 0.1) is 20.6 Å². The van der Waals surface area contributed by atoms with Crippen LogP contribution in [-0.2, 0) is 11.2 Å². The number of nitrogens with two attached hydrogens (primary N) is 1. The number of ether oxygens (including phenoxy) is 2. The summed E-state index contributed by atoms with van der Waals surface area (Å²) in [5, 5.41) is 2.86. The van der Waals surface area contributed by atoms with E-state index in [0.717, 1.165) is 11.1 Å². The minimum atomic E-state index is -0.236. The van der Waals surface area contributed by atoms with Crippen molar-refractivity contribution in [1.82, 2.24) is 5.32 Å². The van der Waals surface area contributed by atoms with Gasteiger partial charge in [-0.2, -0.15) is 0 Å². The molecule has 1 amide bonds. The van der Waals surface area contributed by atoms with Crippen LogP contribution in [0.1, 0.15) is 17.2 Å². The molecule has 1 unspecified atom stereocenters. The number of halogens is 1. The zero-order valence-electron chi connectivity index (χ0n) is 13.8. The Morgan fingerprint density at radius 1 is 1.04 bits per heavy atom. The molecule has 0 bridgehead atoms. The van der Waals surface area contributed by atoms with Crippen molar-refractivity contribution in [2.24, 2.45) is 5.73 Å². The predicted molar refractivity (Wildman–Crippen MR) is 96.9 cm³/mol. The second-order valence-corrected chi connectivity index (χ2v) is 5.14. The lowest BCUT2D eigenvalue weighted by Gasteiger charge is -2.15. The average molecular weight is 351 g/mol. The quantitative estimate of drug-likeness (QED) is 0.804. The van der Waals surface area contributed by atoms with Gasteiger partial charge in [0.2, 0.25) is 5.91 Å². The van der Waals surface area contributed by atoms with Crippen LogP contribution in [0.5, 0.6) is 11.5 Å². The molecule has 2 aromatic carbocycles. The van der Waals surface area contributed by atoms with E-state index in [0.29, 0.717) is 18.0 Å². The number of hydrogen-bond donors (Lipinski definition) is 2. The van der Waals surface area contributed by atoms with Gasteiger partial charge in [-0.15, -0.1) is 12.4 Å². The smallest absolute Gasteiger partial charge is 0.224 e. The lowest BCUT2D eigenvalue weighted by atomic mass is 10.1. The van der Waals surface area contributed by atoms with Gasteiger partial charge in [-0.3, -0.25) is 4.79 Å². The Morgan fingerprint density at radius 2 is 1.62 bits per heavy atom. The fourth-order valence-electron chi connectivity index (χ4n) is 2.37. The molecule has 130 valence electrons. The fraction of sp³-hybridized carbons (Fsp3) is 0.278. The molecule has 0 aliphatic heterocycles. The van der Waals surface area contributed by atoms with Gasteiger partial charge in [-0.25, -0.2) is 0 Å². The molecule has 0 aliphatic carbocycles. The van der Waals surface area contributed by atoms with Crippen molar-refractivity contribution >= 4 is 18.3 Å². The summed E-state index contributed by atoms with van der Waals surface area (Å²) < 4.78 is 10.6. The molecule has 2 aromatic rings. The first-order valence-corrected chi connectivity index (χ1v) is 7.42. The van der Waals surface area contributed by atoms with E-state index in [9.17, 15) is 4.79 Å². The predicted octanol–water partition coefficient (Wildman–Crippen LogP) is 2.48. The summed E-state index contributed by atoms with van der Waals surface area (Å²) in [6, 6.07) is 14.9. The van der Waals surface area contributed by atoms with Crippen LogP contribution in [-0.4, -0.2) is 26.7 Å². The van der Waals surface area contributed by atoms with E-state index < -0.39 is 0 Å². The van der Waals surface area contributed by atoms with Gasteiger partial charge in [0.1, 0.15) is 11.5 Å². The maximum atomic E-state index is 12.2. The topological polar surface area (TPSA) is 73.6 Å².